The molecule has 2 rings (SSSR count). The van der Waals surface area contributed by atoms with Gasteiger partial charge in [-0.25, -0.2) is 0 Å². The van der Waals surface area contributed by atoms with E-state index in [1.54, 1.807) is 0 Å². The van der Waals surface area contributed by atoms with Gasteiger partial charge in [-0.15, -0.1) is 0 Å². The molecule has 0 saturated carbocycles. The van der Waals surface area contributed by atoms with E-state index >= 15 is 0 Å². The van der Waals surface area contributed by atoms with Gasteiger partial charge in [-0.3, -0.25) is 0 Å². The van der Waals surface area contributed by atoms with Gasteiger partial charge in [0.05, 0.1) is 5.60 Å². The van der Waals surface area contributed by atoms with Gasteiger partial charge in [-0.05, 0) is 42.4 Å². The number of thioether (sulfide) groups is 1. The van der Waals surface area contributed by atoms with E-state index in [0.717, 1.165) is 28.0 Å². The lowest BCUT2D eigenvalue weighted by Crippen LogP contribution is -2.25. The van der Waals surface area contributed by atoms with Crippen molar-refractivity contribution in [1.82, 2.24) is 0 Å². The van der Waals surface area contributed by atoms with Crippen molar-refractivity contribution in [3.05, 3.63) is 33.8 Å². The molecule has 0 spiro atoms. The minimum Gasteiger partial charge on any atom is -0.384 e. The van der Waals surface area contributed by atoms with Gasteiger partial charge in [-0.2, -0.15) is 11.8 Å². The highest BCUT2D eigenvalue weighted by Gasteiger charge is 2.34. The van der Waals surface area contributed by atoms with Gasteiger partial charge in [0.1, 0.15) is 0 Å². The zero-order chi connectivity index (χ0) is 10.2. The Kier molecular flexibility index (Phi) is 2.91. The molecule has 76 valence electrons. The van der Waals surface area contributed by atoms with Crippen LogP contribution in [-0.2, 0) is 5.60 Å². The van der Waals surface area contributed by atoms with Crippen LogP contribution < -0.4 is 0 Å². The quantitative estimate of drug-likeness (QED) is 0.848. The summed E-state index contributed by atoms with van der Waals surface area (Å²) in [5.41, 5.74) is 1.67. The number of hydrogen-bond acceptors (Lipinski definition) is 2. The Hall–Kier alpha value is 0.01000. The Morgan fingerprint density at radius 3 is 2.86 bits per heavy atom. The standard InChI is InChI=1S/C11H13BrOS/c1-8-6-9(12)2-3-10(8)11(13)4-5-14-7-11/h2-3,6,13H,4-5,7H2,1H3/t11-/m1/s1. The van der Waals surface area contributed by atoms with Crippen molar-refractivity contribution in [2.45, 2.75) is 18.9 Å². The van der Waals surface area contributed by atoms with Crippen LogP contribution in [0.25, 0.3) is 0 Å². The second kappa shape index (κ2) is 3.87. The van der Waals surface area contributed by atoms with E-state index < -0.39 is 5.60 Å². The number of halogens is 1. The summed E-state index contributed by atoms with van der Waals surface area (Å²) in [6, 6.07) is 6.10. The van der Waals surface area contributed by atoms with Gasteiger partial charge in [0, 0.05) is 10.2 Å². The van der Waals surface area contributed by atoms with Crippen LogP contribution in [0, 0.1) is 6.92 Å². The van der Waals surface area contributed by atoms with Crippen LogP contribution in [0.5, 0.6) is 0 Å². The highest BCUT2D eigenvalue weighted by Crippen LogP contribution is 2.38. The van der Waals surface area contributed by atoms with Crippen LogP contribution in [0.3, 0.4) is 0 Å². The minimum absolute atomic E-state index is 0.588. The average Bonchev–Trinajstić information content (AvgIpc) is 2.52. The highest BCUT2D eigenvalue weighted by molar-refractivity contribution is 9.10. The third-order valence-electron chi connectivity index (χ3n) is 2.69. The summed E-state index contributed by atoms with van der Waals surface area (Å²) in [7, 11) is 0. The maximum Gasteiger partial charge on any atom is 0.0996 e. The third kappa shape index (κ3) is 1.86. The van der Waals surface area contributed by atoms with Gasteiger partial charge < -0.3 is 5.11 Å². The molecule has 0 unspecified atom stereocenters. The highest BCUT2D eigenvalue weighted by atomic mass is 79.9. The largest absolute Gasteiger partial charge is 0.384 e. The van der Waals surface area contributed by atoms with Crippen LogP contribution in [-0.4, -0.2) is 16.6 Å². The molecule has 1 heterocycles. The van der Waals surface area contributed by atoms with Crippen LogP contribution in [0.2, 0.25) is 0 Å². The van der Waals surface area contributed by atoms with Gasteiger partial charge in [-0.1, -0.05) is 22.0 Å². The number of aryl methyl sites for hydroxylation is 1. The van der Waals surface area contributed by atoms with Crippen molar-refractivity contribution in [3.8, 4) is 0 Å². The fourth-order valence-corrected chi connectivity index (χ4v) is 3.66. The lowest BCUT2D eigenvalue weighted by Gasteiger charge is -2.24. The Morgan fingerprint density at radius 1 is 1.50 bits per heavy atom. The van der Waals surface area contributed by atoms with Gasteiger partial charge in [0.15, 0.2) is 0 Å². The lowest BCUT2D eigenvalue weighted by molar-refractivity contribution is 0.0651. The molecule has 0 aromatic heterocycles. The summed E-state index contributed by atoms with van der Waals surface area (Å²) in [5.74, 6) is 1.89. The Bertz CT molecular complexity index is 345. The Morgan fingerprint density at radius 2 is 2.29 bits per heavy atom. The zero-order valence-electron chi connectivity index (χ0n) is 8.09. The van der Waals surface area contributed by atoms with E-state index in [2.05, 4.69) is 28.9 Å². The second-order valence-electron chi connectivity index (χ2n) is 3.79. The zero-order valence-corrected chi connectivity index (χ0v) is 10.5. The molecule has 0 amide bonds. The summed E-state index contributed by atoms with van der Waals surface area (Å²) < 4.78 is 1.08. The van der Waals surface area contributed by atoms with E-state index in [9.17, 15) is 5.11 Å². The first kappa shape index (κ1) is 10.5. The van der Waals surface area contributed by atoms with Gasteiger partial charge in [0.2, 0.25) is 0 Å². The van der Waals surface area contributed by atoms with Gasteiger partial charge >= 0.3 is 0 Å². The minimum atomic E-state index is -0.588. The molecule has 1 saturated heterocycles. The van der Waals surface area contributed by atoms with Crippen LogP contribution >= 0.6 is 27.7 Å². The molecule has 14 heavy (non-hydrogen) atoms. The normalized spacial score (nSPS) is 26.8. The van der Waals surface area contributed by atoms with E-state index in [1.807, 2.05) is 23.9 Å². The first-order valence-electron chi connectivity index (χ1n) is 4.69. The summed E-state index contributed by atoms with van der Waals surface area (Å²) >= 11 is 5.26. The molecule has 0 bridgehead atoms. The Labute approximate surface area is 97.0 Å². The predicted octanol–water partition coefficient (Wildman–Crippen LogP) is 3.08. The van der Waals surface area contributed by atoms with E-state index in [4.69, 9.17) is 0 Å². The smallest absolute Gasteiger partial charge is 0.0996 e. The average molecular weight is 273 g/mol. The SMILES string of the molecule is Cc1cc(Br)ccc1[C@@]1(O)CCSC1. The molecule has 0 aliphatic carbocycles. The van der Waals surface area contributed by atoms with Crippen molar-refractivity contribution in [3.63, 3.8) is 0 Å². The Balaban J connectivity index is 2.40. The fraction of sp³-hybridized carbons (Fsp3) is 0.455. The topological polar surface area (TPSA) is 20.2 Å². The number of benzene rings is 1. The van der Waals surface area contributed by atoms with Crippen LogP contribution in [0.4, 0.5) is 0 Å². The van der Waals surface area contributed by atoms with Crippen LogP contribution in [0.1, 0.15) is 17.5 Å². The molecule has 1 atom stereocenters. The van der Waals surface area contributed by atoms with E-state index in [-0.39, 0.29) is 0 Å². The van der Waals surface area contributed by atoms with Crippen molar-refractivity contribution in [2.75, 3.05) is 11.5 Å². The summed E-state index contributed by atoms with van der Waals surface area (Å²) in [4.78, 5) is 0. The van der Waals surface area contributed by atoms with E-state index in [0.29, 0.717) is 0 Å². The van der Waals surface area contributed by atoms with E-state index in [1.165, 1.54) is 5.56 Å². The molecule has 1 aromatic rings. The number of hydrogen-bond donors (Lipinski definition) is 1. The molecule has 1 fully saturated rings. The van der Waals surface area contributed by atoms with Gasteiger partial charge in [0.25, 0.3) is 0 Å². The lowest BCUT2D eigenvalue weighted by atomic mass is 9.90. The third-order valence-corrected chi connectivity index (χ3v) is 4.36. The molecular weight excluding hydrogens is 260 g/mol. The monoisotopic (exact) mass is 272 g/mol. The summed E-state index contributed by atoms with van der Waals surface area (Å²) in [6.07, 6.45) is 0.875. The first-order chi connectivity index (χ1) is 6.62. The maximum absolute atomic E-state index is 10.4. The fourth-order valence-electron chi connectivity index (χ4n) is 1.92. The first-order valence-corrected chi connectivity index (χ1v) is 6.63. The second-order valence-corrected chi connectivity index (χ2v) is 5.81. The molecule has 1 aliphatic rings. The molecule has 1 aromatic carbocycles. The summed E-state index contributed by atoms with van der Waals surface area (Å²) in [6.45, 7) is 2.06. The number of aliphatic hydroxyl groups is 1. The molecule has 0 radical (unpaired) electrons. The maximum atomic E-state index is 10.4. The molecule has 1 aliphatic heterocycles. The van der Waals surface area contributed by atoms with Crippen molar-refractivity contribution < 1.29 is 5.11 Å². The molecule has 3 heteroatoms. The van der Waals surface area contributed by atoms with Crippen molar-refractivity contribution >= 4 is 27.7 Å². The van der Waals surface area contributed by atoms with Crippen molar-refractivity contribution in [2.24, 2.45) is 0 Å². The molecule has 1 nitrogen and oxygen atoms in total. The molecule has 1 N–H and O–H groups in total. The summed E-state index contributed by atoms with van der Waals surface area (Å²) in [5, 5.41) is 10.4. The molecular formula is C11H13BrOS. The van der Waals surface area contributed by atoms with Crippen molar-refractivity contribution in [1.29, 1.82) is 0 Å². The van der Waals surface area contributed by atoms with Crippen LogP contribution in [0.15, 0.2) is 22.7 Å². The number of rotatable bonds is 1. The predicted molar refractivity (Wildman–Crippen MR) is 64.7 cm³/mol.